The van der Waals surface area contributed by atoms with Gasteiger partial charge in [-0.2, -0.15) is 0 Å². The van der Waals surface area contributed by atoms with Gasteiger partial charge in [0.1, 0.15) is 5.75 Å². The van der Waals surface area contributed by atoms with Crippen LogP contribution in [0.1, 0.15) is 17.5 Å². The highest BCUT2D eigenvalue weighted by molar-refractivity contribution is 5.88. The molecule has 1 aromatic carbocycles. The van der Waals surface area contributed by atoms with Crippen molar-refractivity contribution in [1.82, 2.24) is 14.8 Å². The predicted octanol–water partition coefficient (Wildman–Crippen LogP) is 3.26. The van der Waals surface area contributed by atoms with Crippen molar-refractivity contribution < 1.29 is 13.5 Å². The monoisotopic (exact) mass is 337 g/mol. The number of nitrogens with zero attached hydrogens (tertiary/aromatic N) is 2. The first-order valence-electron chi connectivity index (χ1n) is 8.45. The van der Waals surface area contributed by atoms with Gasteiger partial charge in [-0.15, -0.1) is 0 Å². The third-order valence-electron chi connectivity index (χ3n) is 4.84. The molecule has 1 saturated heterocycles. The molecule has 0 saturated carbocycles. The molecule has 3 rings (SSSR count). The molecule has 1 N–H and O–H groups in total. The van der Waals surface area contributed by atoms with Crippen LogP contribution in [0.2, 0.25) is 0 Å². The van der Waals surface area contributed by atoms with Crippen molar-refractivity contribution in [2.24, 2.45) is 0 Å². The molecule has 0 bridgehead atoms. The number of hydrogen-bond donors (Lipinski definition) is 1. The molecule has 1 aromatic heterocycles. The fourth-order valence-corrected chi connectivity index (χ4v) is 3.46. The number of ether oxygens (including phenoxy) is 1. The minimum Gasteiger partial charge on any atom is -0.496 e. The summed E-state index contributed by atoms with van der Waals surface area (Å²) in [7, 11) is 1.71. The summed E-state index contributed by atoms with van der Waals surface area (Å²) in [5, 5.41) is 1.20. The van der Waals surface area contributed by atoms with Crippen LogP contribution < -0.4 is 4.74 Å². The lowest BCUT2D eigenvalue weighted by Crippen LogP contribution is -2.46. The molecular weight excluding hydrogens is 312 g/mol. The van der Waals surface area contributed by atoms with Crippen molar-refractivity contribution in [3.63, 3.8) is 0 Å². The van der Waals surface area contributed by atoms with Crippen molar-refractivity contribution in [2.75, 3.05) is 39.8 Å². The van der Waals surface area contributed by atoms with Crippen molar-refractivity contribution >= 4 is 10.9 Å². The van der Waals surface area contributed by atoms with Crippen LogP contribution in [0.25, 0.3) is 10.9 Å². The van der Waals surface area contributed by atoms with E-state index in [4.69, 9.17) is 4.74 Å². The Morgan fingerprint density at radius 1 is 1.21 bits per heavy atom. The third-order valence-corrected chi connectivity index (χ3v) is 4.84. The van der Waals surface area contributed by atoms with Crippen molar-refractivity contribution in [3.8, 4) is 5.75 Å². The molecule has 0 spiro atoms. The van der Waals surface area contributed by atoms with E-state index in [1.54, 1.807) is 7.11 Å². The van der Waals surface area contributed by atoms with Crippen molar-refractivity contribution in [3.05, 3.63) is 29.5 Å². The fraction of sp³-hybridized carbons (Fsp3) is 0.556. The van der Waals surface area contributed by atoms with Gasteiger partial charge in [-0.05, 0) is 24.6 Å². The van der Waals surface area contributed by atoms with Crippen LogP contribution >= 0.6 is 0 Å². The lowest BCUT2D eigenvalue weighted by molar-refractivity contribution is 0.0866. The number of H-pyrrole nitrogens is 1. The second-order valence-corrected chi connectivity index (χ2v) is 6.44. The van der Waals surface area contributed by atoms with E-state index in [2.05, 4.69) is 33.8 Å². The van der Waals surface area contributed by atoms with Crippen LogP contribution in [0.3, 0.4) is 0 Å². The number of rotatable bonds is 6. The minimum absolute atomic E-state index is 0.0320. The Kier molecular flexibility index (Phi) is 5.36. The SMILES string of the molecule is COc1cc(C)c2[nH]ccc2c1CN1CCN(CCC(F)F)CC1. The topological polar surface area (TPSA) is 31.5 Å². The quantitative estimate of drug-likeness (QED) is 0.878. The fourth-order valence-electron chi connectivity index (χ4n) is 3.46. The molecule has 1 fully saturated rings. The number of aromatic amines is 1. The zero-order valence-corrected chi connectivity index (χ0v) is 14.3. The van der Waals surface area contributed by atoms with E-state index in [0.29, 0.717) is 6.54 Å². The first-order valence-corrected chi connectivity index (χ1v) is 8.45. The Balaban J connectivity index is 1.68. The van der Waals surface area contributed by atoms with E-state index in [0.717, 1.165) is 44.0 Å². The number of methoxy groups -OCH3 is 1. The number of aryl methyl sites for hydroxylation is 1. The lowest BCUT2D eigenvalue weighted by atomic mass is 10.0. The first kappa shape index (κ1) is 17.2. The number of piperazine rings is 1. The molecular formula is C18H25F2N3O. The Bertz CT molecular complexity index is 678. The number of hydrogen-bond acceptors (Lipinski definition) is 3. The van der Waals surface area contributed by atoms with Gasteiger partial charge in [-0.3, -0.25) is 4.90 Å². The van der Waals surface area contributed by atoms with Crippen LogP contribution in [-0.2, 0) is 6.54 Å². The van der Waals surface area contributed by atoms with Gasteiger partial charge in [0, 0.05) is 68.4 Å². The number of nitrogens with one attached hydrogen (secondary N) is 1. The van der Waals surface area contributed by atoms with Gasteiger partial charge < -0.3 is 14.6 Å². The molecule has 132 valence electrons. The lowest BCUT2D eigenvalue weighted by Gasteiger charge is -2.35. The molecule has 0 radical (unpaired) electrons. The summed E-state index contributed by atoms with van der Waals surface area (Å²) in [5.41, 5.74) is 3.52. The summed E-state index contributed by atoms with van der Waals surface area (Å²) in [6.45, 7) is 6.86. The Morgan fingerprint density at radius 3 is 2.58 bits per heavy atom. The minimum atomic E-state index is -2.21. The summed E-state index contributed by atoms with van der Waals surface area (Å²) in [6.07, 6.45) is -0.278. The highest BCUT2D eigenvalue weighted by atomic mass is 19.3. The Labute approximate surface area is 141 Å². The molecule has 4 nitrogen and oxygen atoms in total. The molecule has 24 heavy (non-hydrogen) atoms. The zero-order valence-electron chi connectivity index (χ0n) is 14.3. The number of alkyl halides is 2. The number of halogens is 2. The molecule has 0 atom stereocenters. The molecule has 0 aliphatic carbocycles. The first-order chi connectivity index (χ1) is 11.6. The van der Waals surface area contributed by atoms with Crippen LogP contribution in [0, 0.1) is 6.92 Å². The molecule has 6 heteroatoms. The van der Waals surface area contributed by atoms with Gasteiger partial charge in [0.25, 0.3) is 0 Å². The molecule has 1 aliphatic heterocycles. The zero-order chi connectivity index (χ0) is 17.1. The van der Waals surface area contributed by atoms with E-state index >= 15 is 0 Å². The summed E-state index contributed by atoms with van der Waals surface area (Å²) >= 11 is 0. The predicted molar refractivity (Wildman–Crippen MR) is 91.9 cm³/mol. The van der Waals surface area contributed by atoms with Crippen LogP contribution in [-0.4, -0.2) is 61.0 Å². The molecule has 0 amide bonds. The molecule has 1 aliphatic rings. The second kappa shape index (κ2) is 7.49. The molecule has 0 unspecified atom stereocenters. The maximum Gasteiger partial charge on any atom is 0.239 e. The molecule has 2 heterocycles. The maximum absolute atomic E-state index is 12.3. The third kappa shape index (κ3) is 3.70. The van der Waals surface area contributed by atoms with Crippen molar-refractivity contribution in [2.45, 2.75) is 26.3 Å². The van der Waals surface area contributed by atoms with Gasteiger partial charge in [0.15, 0.2) is 0 Å². The number of benzene rings is 1. The number of fused-ring (bicyclic) bond motifs is 1. The summed E-state index contributed by atoms with van der Waals surface area (Å²) in [6, 6.07) is 4.17. The maximum atomic E-state index is 12.3. The Hall–Kier alpha value is -1.66. The van der Waals surface area contributed by atoms with E-state index in [1.807, 2.05) is 6.20 Å². The average Bonchev–Trinajstić information content (AvgIpc) is 3.06. The number of aromatic nitrogens is 1. The smallest absolute Gasteiger partial charge is 0.239 e. The second-order valence-electron chi connectivity index (χ2n) is 6.44. The van der Waals surface area contributed by atoms with Gasteiger partial charge in [-0.25, -0.2) is 8.78 Å². The van der Waals surface area contributed by atoms with E-state index in [1.165, 1.54) is 16.5 Å². The van der Waals surface area contributed by atoms with Crippen LogP contribution in [0.4, 0.5) is 8.78 Å². The summed E-state index contributed by atoms with van der Waals surface area (Å²) in [4.78, 5) is 7.80. The van der Waals surface area contributed by atoms with Gasteiger partial charge in [0.2, 0.25) is 6.43 Å². The van der Waals surface area contributed by atoms with E-state index in [-0.39, 0.29) is 6.42 Å². The summed E-state index contributed by atoms with van der Waals surface area (Å²) in [5.74, 6) is 0.916. The van der Waals surface area contributed by atoms with Gasteiger partial charge in [-0.1, -0.05) is 0 Å². The highest BCUT2D eigenvalue weighted by Gasteiger charge is 2.20. The van der Waals surface area contributed by atoms with Gasteiger partial charge in [0.05, 0.1) is 7.11 Å². The Morgan fingerprint density at radius 2 is 1.92 bits per heavy atom. The van der Waals surface area contributed by atoms with Crippen LogP contribution in [0.5, 0.6) is 5.75 Å². The standard InChI is InChI=1S/C18H25F2N3O/c1-13-11-16(24-2)15(14-3-5-21-18(13)14)12-23-9-7-22(8-10-23)6-4-17(19)20/h3,5,11,17,21H,4,6-10,12H2,1-2H3. The highest BCUT2D eigenvalue weighted by Crippen LogP contribution is 2.31. The van der Waals surface area contributed by atoms with E-state index in [9.17, 15) is 8.78 Å². The normalized spacial score (nSPS) is 17.0. The largest absolute Gasteiger partial charge is 0.496 e. The average molecular weight is 337 g/mol. The summed E-state index contributed by atoms with van der Waals surface area (Å²) < 4.78 is 30.3. The van der Waals surface area contributed by atoms with Gasteiger partial charge >= 0.3 is 0 Å². The van der Waals surface area contributed by atoms with Crippen LogP contribution in [0.15, 0.2) is 18.3 Å². The van der Waals surface area contributed by atoms with E-state index < -0.39 is 6.43 Å². The van der Waals surface area contributed by atoms with Crippen molar-refractivity contribution in [1.29, 1.82) is 0 Å². The molecule has 2 aromatic rings.